The molecule has 2 heterocycles. The largest absolute Gasteiger partial charge is 0.349 e. The van der Waals surface area contributed by atoms with Gasteiger partial charge in [-0.1, -0.05) is 70.9 Å². The molecule has 2 aromatic heterocycles. The van der Waals surface area contributed by atoms with E-state index in [1.165, 1.54) is 0 Å². The number of aromatic nitrogens is 4. The topological polar surface area (TPSA) is 102 Å². The smallest absolute Gasteiger partial charge is 0.330 e. The third-order valence-corrected chi connectivity index (χ3v) is 6.26. The molecule has 0 saturated heterocycles. The molecule has 190 valence electrons. The number of aryl methyl sites for hydroxylation is 3. The fraction of sp³-hybridized carbons (Fsp3) is 0.556. The molecule has 0 aliphatic rings. The molecule has 0 bridgehead atoms. The summed E-state index contributed by atoms with van der Waals surface area (Å²) in [4.78, 5) is 45.4. The van der Waals surface area contributed by atoms with Crippen LogP contribution >= 0.6 is 0 Å². The Balaban J connectivity index is 1.86. The number of nitrogens with zero attached hydrogens (tertiary/aromatic N) is 3. The zero-order chi connectivity index (χ0) is 25.4. The third kappa shape index (κ3) is 6.71. The van der Waals surface area contributed by atoms with Crippen molar-refractivity contribution in [3.8, 4) is 0 Å². The highest BCUT2D eigenvalue weighted by atomic mass is 16.2. The fourth-order valence-electron chi connectivity index (χ4n) is 4.42. The second-order valence-corrected chi connectivity index (χ2v) is 9.63. The van der Waals surface area contributed by atoms with Crippen LogP contribution in [0, 0.1) is 5.92 Å². The summed E-state index contributed by atoms with van der Waals surface area (Å²) in [5, 5.41) is 3.19. The van der Waals surface area contributed by atoms with Crippen LogP contribution in [-0.2, 0) is 24.3 Å². The second-order valence-electron chi connectivity index (χ2n) is 9.63. The number of H-pyrrole nitrogens is 1. The summed E-state index contributed by atoms with van der Waals surface area (Å²) >= 11 is 0. The van der Waals surface area contributed by atoms with E-state index in [0.717, 1.165) is 37.7 Å². The van der Waals surface area contributed by atoms with E-state index in [-0.39, 0.29) is 18.4 Å². The molecule has 0 unspecified atom stereocenters. The molecule has 3 aromatic rings. The Morgan fingerprint density at radius 1 is 1.03 bits per heavy atom. The number of carbonyl (C=O) groups excluding carboxylic acids is 1. The normalized spacial score (nSPS) is 12.4. The quantitative estimate of drug-likeness (QED) is 0.379. The van der Waals surface area contributed by atoms with Crippen LogP contribution in [0.25, 0.3) is 11.2 Å². The highest BCUT2D eigenvalue weighted by Gasteiger charge is 2.20. The number of nitrogens with one attached hydrogen (secondary N) is 2. The van der Waals surface area contributed by atoms with Gasteiger partial charge in [0.15, 0.2) is 11.2 Å². The summed E-state index contributed by atoms with van der Waals surface area (Å²) in [6, 6.07) is 9.98. The van der Waals surface area contributed by atoms with Crippen LogP contribution in [-0.4, -0.2) is 25.0 Å². The monoisotopic (exact) mass is 481 g/mol. The number of unbranched alkanes of at least 4 members (excludes halogenated alkanes) is 2. The highest BCUT2D eigenvalue weighted by Crippen LogP contribution is 2.22. The Hall–Kier alpha value is -3.16. The molecule has 3 rings (SSSR count). The van der Waals surface area contributed by atoms with Gasteiger partial charge in [-0.05, 0) is 30.7 Å². The number of rotatable bonds is 13. The standard InChI is InChI=1S/C27H39N5O3/c1-5-7-16-31-22(29-25-24(31)26(34)30-27(35)32(25)17-8-6-2)14-15-23(33)28-21(18-19(3)4)20-12-10-9-11-13-20/h9-13,19,21H,5-8,14-18H2,1-4H3,(H,28,33)(H,30,34,35)/t21-/m1/s1. The third-order valence-electron chi connectivity index (χ3n) is 6.26. The van der Waals surface area contributed by atoms with E-state index in [1.807, 2.05) is 34.9 Å². The lowest BCUT2D eigenvalue weighted by atomic mass is 9.97. The summed E-state index contributed by atoms with van der Waals surface area (Å²) in [5.74, 6) is 1.06. The van der Waals surface area contributed by atoms with Crippen molar-refractivity contribution in [3.63, 3.8) is 0 Å². The van der Waals surface area contributed by atoms with E-state index in [9.17, 15) is 14.4 Å². The van der Waals surface area contributed by atoms with E-state index >= 15 is 0 Å². The maximum atomic E-state index is 13.0. The van der Waals surface area contributed by atoms with E-state index in [4.69, 9.17) is 4.98 Å². The zero-order valence-electron chi connectivity index (χ0n) is 21.5. The first kappa shape index (κ1) is 26.4. The van der Waals surface area contributed by atoms with Crippen molar-refractivity contribution in [2.75, 3.05) is 0 Å². The molecule has 0 aliphatic carbocycles. The molecule has 1 amide bonds. The van der Waals surface area contributed by atoms with Gasteiger partial charge in [0, 0.05) is 25.9 Å². The Kier molecular flexibility index (Phi) is 9.46. The van der Waals surface area contributed by atoms with Gasteiger partial charge in [-0.25, -0.2) is 9.78 Å². The van der Waals surface area contributed by atoms with Crippen molar-refractivity contribution in [3.05, 3.63) is 62.6 Å². The van der Waals surface area contributed by atoms with Crippen molar-refractivity contribution in [1.29, 1.82) is 0 Å². The molecule has 0 spiro atoms. The van der Waals surface area contributed by atoms with Gasteiger partial charge in [-0.3, -0.25) is 19.1 Å². The molecule has 2 N–H and O–H groups in total. The summed E-state index contributed by atoms with van der Waals surface area (Å²) in [6.07, 6.45) is 5.09. The summed E-state index contributed by atoms with van der Waals surface area (Å²) in [6.45, 7) is 9.56. The SMILES string of the molecule is CCCCn1c(CCC(=O)N[C@H](CC(C)C)c2ccccc2)nc2c1c(=O)[nH]c(=O)n2CCCC. The van der Waals surface area contributed by atoms with Gasteiger partial charge in [0.2, 0.25) is 5.91 Å². The van der Waals surface area contributed by atoms with Crippen LogP contribution < -0.4 is 16.6 Å². The summed E-state index contributed by atoms with van der Waals surface area (Å²) in [5.41, 5.74) is 1.08. The van der Waals surface area contributed by atoms with E-state index in [1.54, 1.807) is 4.57 Å². The Labute approximate surface area is 206 Å². The van der Waals surface area contributed by atoms with Crippen molar-refractivity contribution < 1.29 is 4.79 Å². The fourth-order valence-corrected chi connectivity index (χ4v) is 4.42. The molecule has 35 heavy (non-hydrogen) atoms. The van der Waals surface area contributed by atoms with E-state index < -0.39 is 11.2 Å². The van der Waals surface area contributed by atoms with Gasteiger partial charge in [0.1, 0.15) is 5.82 Å². The summed E-state index contributed by atoms with van der Waals surface area (Å²) < 4.78 is 3.45. The van der Waals surface area contributed by atoms with Crippen LogP contribution in [0.3, 0.4) is 0 Å². The number of imidazole rings is 1. The van der Waals surface area contributed by atoms with Gasteiger partial charge in [-0.2, -0.15) is 0 Å². The number of hydrogen-bond donors (Lipinski definition) is 2. The predicted molar refractivity (Wildman–Crippen MR) is 140 cm³/mol. The van der Waals surface area contributed by atoms with Gasteiger partial charge in [0.25, 0.3) is 5.56 Å². The molecule has 1 atom stereocenters. The molecule has 0 saturated carbocycles. The van der Waals surface area contributed by atoms with Gasteiger partial charge < -0.3 is 9.88 Å². The predicted octanol–water partition coefficient (Wildman–Crippen LogP) is 4.32. The number of amides is 1. The van der Waals surface area contributed by atoms with Gasteiger partial charge in [-0.15, -0.1) is 0 Å². The number of carbonyl (C=O) groups is 1. The highest BCUT2D eigenvalue weighted by molar-refractivity contribution is 5.77. The van der Waals surface area contributed by atoms with E-state index in [2.05, 4.69) is 38.0 Å². The van der Waals surface area contributed by atoms with E-state index in [0.29, 0.717) is 42.4 Å². The molecule has 1 aromatic carbocycles. The molecular weight excluding hydrogens is 442 g/mol. The van der Waals surface area contributed by atoms with Crippen molar-refractivity contribution >= 4 is 17.1 Å². The van der Waals surface area contributed by atoms with Crippen LogP contribution in [0.5, 0.6) is 0 Å². The maximum absolute atomic E-state index is 13.0. The number of aromatic amines is 1. The average Bonchev–Trinajstić information content (AvgIpc) is 3.19. The van der Waals surface area contributed by atoms with Crippen LogP contribution in [0.15, 0.2) is 39.9 Å². The lowest BCUT2D eigenvalue weighted by Crippen LogP contribution is -2.31. The molecule has 0 fully saturated rings. The maximum Gasteiger partial charge on any atom is 0.330 e. The first-order chi connectivity index (χ1) is 16.8. The molecular formula is C27H39N5O3. The molecule has 8 heteroatoms. The first-order valence-corrected chi connectivity index (χ1v) is 12.9. The second kappa shape index (κ2) is 12.5. The first-order valence-electron chi connectivity index (χ1n) is 12.9. The van der Waals surface area contributed by atoms with Gasteiger partial charge in [0.05, 0.1) is 6.04 Å². The minimum absolute atomic E-state index is 0.0501. The van der Waals surface area contributed by atoms with Gasteiger partial charge >= 0.3 is 5.69 Å². The van der Waals surface area contributed by atoms with Crippen molar-refractivity contribution in [1.82, 2.24) is 24.4 Å². The minimum Gasteiger partial charge on any atom is -0.349 e. The lowest BCUT2D eigenvalue weighted by molar-refractivity contribution is -0.121. The number of benzene rings is 1. The lowest BCUT2D eigenvalue weighted by Gasteiger charge is -2.21. The average molecular weight is 482 g/mol. The van der Waals surface area contributed by atoms with Crippen molar-refractivity contribution in [2.24, 2.45) is 5.92 Å². The Morgan fingerprint density at radius 2 is 1.69 bits per heavy atom. The zero-order valence-corrected chi connectivity index (χ0v) is 21.5. The summed E-state index contributed by atoms with van der Waals surface area (Å²) in [7, 11) is 0. The van der Waals surface area contributed by atoms with Crippen LogP contribution in [0.1, 0.15) is 83.6 Å². The molecule has 8 nitrogen and oxygen atoms in total. The Morgan fingerprint density at radius 3 is 2.31 bits per heavy atom. The molecule has 0 radical (unpaired) electrons. The number of hydrogen-bond acceptors (Lipinski definition) is 4. The number of fused-ring (bicyclic) bond motifs is 1. The van der Waals surface area contributed by atoms with Crippen LogP contribution in [0.2, 0.25) is 0 Å². The van der Waals surface area contributed by atoms with Crippen molar-refractivity contribution in [2.45, 2.75) is 91.8 Å². The minimum atomic E-state index is -0.431. The van der Waals surface area contributed by atoms with Crippen LogP contribution in [0.4, 0.5) is 0 Å². The Bertz CT molecular complexity index is 1220. The molecule has 0 aliphatic heterocycles.